The third kappa shape index (κ3) is 3.78. The molecule has 0 radical (unpaired) electrons. The Morgan fingerprint density at radius 2 is 2.00 bits per heavy atom. The number of ketones is 1. The highest BCUT2D eigenvalue weighted by molar-refractivity contribution is 9.10. The summed E-state index contributed by atoms with van der Waals surface area (Å²) in [4.78, 5) is 11.6. The number of hydrogen-bond donors (Lipinski definition) is 0. The largest absolute Gasteiger partial charge is 0.293 e. The van der Waals surface area contributed by atoms with Crippen molar-refractivity contribution >= 4 is 21.7 Å². The molecule has 1 aromatic carbocycles. The number of rotatable bonds is 4. The highest BCUT2D eigenvalue weighted by Crippen LogP contribution is 2.14. The van der Waals surface area contributed by atoms with Crippen LogP contribution in [0.25, 0.3) is 0 Å². The van der Waals surface area contributed by atoms with Crippen LogP contribution in [0.5, 0.6) is 0 Å². The standard InChI is InChI=1S/C13H17BrO/c1-9(2)7-11-5-4-6-12(8-11)13(15)10(3)14/h4-6,8-10H,7H2,1-3H3. The summed E-state index contributed by atoms with van der Waals surface area (Å²) < 4.78 is 0. The fourth-order valence-electron chi connectivity index (χ4n) is 1.55. The van der Waals surface area contributed by atoms with E-state index in [4.69, 9.17) is 0 Å². The normalized spacial score (nSPS) is 12.9. The van der Waals surface area contributed by atoms with E-state index in [9.17, 15) is 4.79 Å². The molecule has 0 aromatic heterocycles. The Labute approximate surface area is 100 Å². The Bertz CT molecular complexity index is 342. The summed E-state index contributed by atoms with van der Waals surface area (Å²) in [5.74, 6) is 0.775. The van der Waals surface area contributed by atoms with Crippen molar-refractivity contribution in [3.63, 3.8) is 0 Å². The molecule has 15 heavy (non-hydrogen) atoms. The molecule has 0 amide bonds. The third-order valence-corrected chi connectivity index (χ3v) is 2.63. The molecule has 1 nitrogen and oxygen atoms in total. The molecular formula is C13H17BrO. The van der Waals surface area contributed by atoms with Gasteiger partial charge in [0.15, 0.2) is 5.78 Å². The van der Waals surface area contributed by atoms with Crippen LogP contribution in [-0.2, 0) is 6.42 Å². The van der Waals surface area contributed by atoms with Gasteiger partial charge in [-0.25, -0.2) is 0 Å². The van der Waals surface area contributed by atoms with Gasteiger partial charge in [0.25, 0.3) is 0 Å². The van der Waals surface area contributed by atoms with Crippen molar-refractivity contribution in [2.24, 2.45) is 5.92 Å². The van der Waals surface area contributed by atoms with Gasteiger partial charge in [-0.15, -0.1) is 0 Å². The van der Waals surface area contributed by atoms with Gasteiger partial charge in [0, 0.05) is 5.56 Å². The Hall–Kier alpha value is -0.630. The lowest BCUT2D eigenvalue weighted by Crippen LogP contribution is -2.10. The lowest BCUT2D eigenvalue weighted by Gasteiger charge is -2.07. The number of carbonyl (C=O) groups excluding carboxylic acids is 1. The average molecular weight is 269 g/mol. The van der Waals surface area contributed by atoms with Crippen LogP contribution >= 0.6 is 15.9 Å². The smallest absolute Gasteiger partial charge is 0.176 e. The SMILES string of the molecule is CC(C)Cc1cccc(C(=O)C(C)Br)c1. The van der Waals surface area contributed by atoms with E-state index in [2.05, 4.69) is 35.8 Å². The molecule has 1 rings (SSSR count). The molecule has 1 aromatic rings. The van der Waals surface area contributed by atoms with E-state index in [0.29, 0.717) is 5.92 Å². The van der Waals surface area contributed by atoms with Crippen molar-refractivity contribution in [2.45, 2.75) is 32.0 Å². The number of Topliss-reactive ketones (excluding diaryl/α,β-unsaturated/α-hetero) is 1. The van der Waals surface area contributed by atoms with Gasteiger partial charge in [0.05, 0.1) is 4.83 Å². The van der Waals surface area contributed by atoms with Crippen LogP contribution in [0.2, 0.25) is 0 Å². The van der Waals surface area contributed by atoms with Gasteiger partial charge < -0.3 is 0 Å². The fourth-order valence-corrected chi connectivity index (χ4v) is 1.82. The Balaban J connectivity index is 2.87. The molecule has 1 atom stereocenters. The van der Waals surface area contributed by atoms with Crippen LogP contribution in [0, 0.1) is 5.92 Å². The van der Waals surface area contributed by atoms with E-state index in [1.165, 1.54) is 5.56 Å². The van der Waals surface area contributed by atoms with Crippen molar-refractivity contribution in [1.82, 2.24) is 0 Å². The minimum atomic E-state index is -0.105. The Kier molecular flexibility index (Phi) is 4.52. The highest BCUT2D eigenvalue weighted by Gasteiger charge is 2.11. The van der Waals surface area contributed by atoms with E-state index >= 15 is 0 Å². The highest BCUT2D eigenvalue weighted by atomic mass is 79.9. The maximum absolute atomic E-state index is 11.7. The summed E-state index contributed by atoms with van der Waals surface area (Å²) in [6.45, 7) is 6.22. The molecule has 0 aliphatic rings. The average Bonchev–Trinajstić information content (AvgIpc) is 2.16. The topological polar surface area (TPSA) is 17.1 Å². The maximum Gasteiger partial charge on any atom is 0.176 e. The molecule has 0 aliphatic carbocycles. The summed E-state index contributed by atoms with van der Waals surface area (Å²) in [5.41, 5.74) is 2.04. The molecule has 82 valence electrons. The van der Waals surface area contributed by atoms with Gasteiger partial charge in [-0.2, -0.15) is 0 Å². The molecule has 2 heteroatoms. The molecule has 1 unspecified atom stereocenters. The molecule has 0 heterocycles. The van der Waals surface area contributed by atoms with Crippen LogP contribution in [0.4, 0.5) is 0 Å². The first-order valence-electron chi connectivity index (χ1n) is 5.28. The minimum absolute atomic E-state index is 0.105. The van der Waals surface area contributed by atoms with Gasteiger partial charge in [-0.05, 0) is 30.9 Å². The molecule has 0 spiro atoms. The van der Waals surface area contributed by atoms with E-state index in [1.54, 1.807) is 0 Å². The molecule has 0 fully saturated rings. The number of halogens is 1. The minimum Gasteiger partial charge on any atom is -0.293 e. The molecule has 0 N–H and O–H groups in total. The summed E-state index contributed by atoms with van der Waals surface area (Å²) >= 11 is 3.30. The third-order valence-electron chi connectivity index (χ3n) is 2.22. The van der Waals surface area contributed by atoms with Crippen molar-refractivity contribution in [1.29, 1.82) is 0 Å². The monoisotopic (exact) mass is 268 g/mol. The van der Waals surface area contributed by atoms with E-state index in [1.807, 2.05) is 25.1 Å². The quantitative estimate of drug-likeness (QED) is 0.599. The lowest BCUT2D eigenvalue weighted by atomic mass is 9.99. The second-order valence-corrected chi connectivity index (χ2v) is 5.65. The Morgan fingerprint density at radius 3 is 2.53 bits per heavy atom. The molecule has 0 saturated carbocycles. The Morgan fingerprint density at radius 1 is 1.33 bits per heavy atom. The van der Waals surface area contributed by atoms with Gasteiger partial charge in [-0.3, -0.25) is 4.79 Å². The van der Waals surface area contributed by atoms with Crippen LogP contribution in [0.3, 0.4) is 0 Å². The van der Waals surface area contributed by atoms with Crippen LogP contribution in [-0.4, -0.2) is 10.6 Å². The molecule has 0 bridgehead atoms. The summed E-state index contributed by atoms with van der Waals surface area (Å²) in [5, 5.41) is 0. The van der Waals surface area contributed by atoms with Crippen molar-refractivity contribution in [3.8, 4) is 0 Å². The van der Waals surface area contributed by atoms with Gasteiger partial charge in [0.2, 0.25) is 0 Å². The number of alkyl halides is 1. The maximum atomic E-state index is 11.7. The number of hydrogen-bond acceptors (Lipinski definition) is 1. The first-order valence-corrected chi connectivity index (χ1v) is 6.19. The molecular weight excluding hydrogens is 252 g/mol. The number of carbonyl (C=O) groups is 1. The van der Waals surface area contributed by atoms with Crippen molar-refractivity contribution < 1.29 is 4.79 Å². The van der Waals surface area contributed by atoms with Crippen molar-refractivity contribution in [2.75, 3.05) is 0 Å². The van der Waals surface area contributed by atoms with Gasteiger partial charge >= 0.3 is 0 Å². The molecule has 0 aliphatic heterocycles. The zero-order valence-corrected chi connectivity index (χ0v) is 11.0. The summed E-state index contributed by atoms with van der Waals surface area (Å²) in [6, 6.07) is 7.92. The second-order valence-electron chi connectivity index (χ2n) is 4.28. The van der Waals surface area contributed by atoms with Crippen LogP contribution in [0.15, 0.2) is 24.3 Å². The van der Waals surface area contributed by atoms with E-state index in [-0.39, 0.29) is 10.6 Å². The van der Waals surface area contributed by atoms with E-state index < -0.39 is 0 Å². The van der Waals surface area contributed by atoms with Crippen LogP contribution < -0.4 is 0 Å². The van der Waals surface area contributed by atoms with Crippen molar-refractivity contribution in [3.05, 3.63) is 35.4 Å². The van der Waals surface area contributed by atoms with Crippen LogP contribution in [0.1, 0.15) is 36.7 Å². The van der Waals surface area contributed by atoms with Gasteiger partial charge in [-0.1, -0.05) is 48.0 Å². The number of benzene rings is 1. The first-order chi connectivity index (χ1) is 7.00. The molecule has 0 saturated heterocycles. The second kappa shape index (κ2) is 5.45. The lowest BCUT2D eigenvalue weighted by molar-refractivity contribution is 0.0995. The fraction of sp³-hybridized carbons (Fsp3) is 0.462. The zero-order valence-electron chi connectivity index (χ0n) is 9.46. The summed E-state index contributed by atoms with van der Waals surface area (Å²) in [7, 11) is 0. The van der Waals surface area contributed by atoms with Gasteiger partial charge in [0.1, 0.15) is 0 Å². The predicted octanol–water partition coefficient (Wildman–Crippen LogP) is 3.85. The zero-order chi connectivity index (χ0) is 11.4. The predicted molar refractivity (Wildman–Crippen MR) is 67.7 cm³/mol. The van der Waals surface area contributed by atoms with E-state index in [0.717, 1.165) is 12.0 Å². The first kappa shape index (κ1) is 12.4. The summed E-state index contributed by atoms with van der Waals surface area (Å²) in [6.07, 6.45) is 1.03.